The Bertz CT molecular complexity index is 890. The highest BCUT2D eigenvalue weighted by atomic mass is 16.6. The van der Waals surface area contributed by atoms with Gasteiger partial charge >= 0.3 is 5.97 Å². The summed E-state index contributed by atoms with van der Waals surface area (Å²) in [6.07, 6.45) is 3.96. The van der Waals surface area contributed by atoms with E-state index in [0.29, 0.717) is 11.2 Å². The SMILES string of the molecule is CC(OC(=O)c1cnn2cccnc12)c1cccc([N+](=O)[O-])c1. The van der Waals surface area contributed by atoms with Crippen molar-refractivity contribution in [2.75, 3.05) is 0 Å². The number of hydrogen-bond acceptors (Lipinski definition) is 6. The number of ether oxygens (including phenoxy) is 1. The molecule has 1 unspecified atom stereocenters. The Morgan fingerprint density at radius 2 is 2.22 bits per heavy atom. The van der Waals surface area contributed by atoms with Gasteiger partial charge in [0.15, 0.2) is 5.65 Å². The van der Waals surface area contributed by atoms with E-state index in [0.717, 1.165) is 0 Å². The van der Waals surface area contributed by atoms with Crippen LogP contribution in [0, 0.1) is 10.1 Å². The van der Waals surface area contributed by atoms with Gasteiger partial charge in [-0.2, -0.15) is 5.10 Å². The number of aromatic nitrogens is 3. The van der Waals surface area contributed by atoms with Crippen molar-refractivity contribution < 1.29 is 14.5 Å². The van der Waals surface area contributed by atoms with E-state index in [9.17, 15) is 14.9 Å². The zero-order chi connectivity index (χ0) is 16.4. The molecule has 0 aliphatic heterocycles. The van der Waals surface area contributed by atoms with Crippen LogP contribution in [0.2, 0.25) is 0 Å². The lowest BCUT2D eigenvalue weighted by atomic mass is 10.1. The Hall–Kier alpha value is -3.29. The molecule has 0 saturated carbocycles. The molecule has 116 valence electrons. The number of benzene rings is 1. The summed E-state index contributed by atoms with van der Waals surface area (Å²) in [6.45, 7) is 1.65. The van der Waals surface area contributed by atoms with Crippen LogP contribution in [0.15, 0.2) is 48.9 Å². The lowest BCUT2D eigenvalue weighted by Crippen LogP contribution is -2.09. The third-order valence-corrected chi connectivity index (χ3v) is 3.33. The van der Waals surface area contributed by atoms with Crippen molar-refractivity contribution >= 4 is 17.3 Å². The van der Waals surface area contributed by atoms with Gasteiger partial charge in [0.1, 0.15) is 11.7 Å². The van der Waals surface area contributed by atoms with Crippen molar-refractivity contribution in [3.63, 3.8) is 0 Å². The van der Waals surface area contributed by atoms with E-state index in [1.165, 1.54) is 22.8 Å². The first-order valence-electron chi connectivity index (χ1n) is 6.80. The summed E-state index contributed by atoms with van der Waals surface area (Å²) in [5, 5.41) is 14.8. The quantitative estimate of drug-likeness (QED) is 0.417. The Balaban J connectivity index is 1.82. The third-order valence-electron chi connectivity index (χ3n) is 3.33. The van der Waals surface area contributed by atoms with E-state index in [2.05, 4.69) is 10.1 Å². The van der Waals surface area contributed by atoms with Crippen LogP contribution in [0.5, 0.6) is 0 Å². The lowest BCUT2D eigenvalue weighted by molar-refractivity contribution is -0.385. The molecular weight excluding hydrogens is 300 g/mol. The molecule has 0 aliphatic rings. The van der Waals surface area contributed by atoms with Gasteiger partial charge in [0.25, 0.3) is 5.69 Å². The smallest absolute Gasteiger partial charge is 0.344 e. The largest absolute Gasteiger partial charge is 0.454 e. The summed E-state index contributed by atoms with van der Waals surface area (Å²) in [5.41, 5.74) is 1.12. The Kier molecular flexibility index (Phi) is 3.71. The molecule has 2 aromatic heterocycles. The van der Waals surface area contributed by atoms with E-state index in [-0.39, 0.29) is 11.3 Å². The Morgan fingerprint density at radius 1 is 1.39 bits per heavy atom. The van der Waals surface area contributed by atoms with E-state index in [4.69, 9.17) is 4.74 Å². The van der Waals surface area contributed by atoms with E-state index in [1.54, 1.807) is 37.5 Å². The third kappa shape index (κ3) is 2.86. The molecule has 3 aromatic rings. The lowest BCUT2D eigenvalue weighted by Gasteiger charge is -2.12. The number of nitro benzene ring substituents is 1. The summed E-state index contributed by atoms with van der Waals surface area (Å²) < 4.78 is 6.84. The zero-order valence-corrected chi connectivity index (χ0v) is 12.1. The highest BCUT2D eigenvalue weighted by molar-refractivity contribution is 5.95. The van der Waals surface area contributed by atoms with Crippen molar-refractivity contribution in [2.24, 2.45) is 0 Å². The first-order chi connectivity index (χ1) is 11.1. The van der Waals surface area contributed by atoms with E-state index < -0.39 is 17.0 Å². The van der Waals surface area contributed by atoms with Gasteiger partial charge in [-0.1, -0.05) is 12.1 Å². The summed E-state index contributed by atoms with van der Waals surface area (Å²) in [5.74, 6) is -0.585. The number of nitro groups is 1. The minimum absolute atomic E-state index is 0.0527. The number of hydrogen-bond donors (Lipinski definition) is 0. The molecule has 2 heterocycles. The van der Waals surface area contributed by atoms with Gasteiger partial charge in [0, 0.05) is 24.5 Å². The van der Waals surface area contributed by atoms with E-state index >= 15 is 0 Å². The Labute approximate surface area is 130 Å². The number of rotatable bonds is 4. The maximum absolute atomic E-state index is 12.3. The fourth-order valence-corrected chi connectivity index (χ4v) is 2.15. The molecule has 0 aliphatic carbocycles. The van der Waals surface area contributed by atoms with E-state index in [1.807, 2.05) is 0 Å². The van der Waals surface area contributed by atoms with Crippen LogP contribution in [-0.4, -0.2) is 25.5 Å². The first-order valence-corrected chi connectivity index (χ1v) is 6.80. The normalized spacial score (nSPS) is 12.0. The molecule has 0 radical (unpaired) electrons. The van der Waals surface area contributed by atoms with Gasteiger partial charge in [-0.25, -0.2) is 14.3 Å². The van der Waals surface area contributed by atoms with Crippen LogP contribution in [0.25, 0.3) is 5.65 Å². The van der Waals surface area contributed by atoms with Crippen LogP contribution in [0.4, 0.5) is 5.69 Å². The first kappa shape index (κ1) is 14.6. The predicted molar refractivity (Wildman–Crippen MR) is 79.9 cm³/mol. The molecular formula is C15H12N4O4. The minimum atomic E-state index is -0.638. The van der Waals surface area contributed by atoms with Crippen LogP contribution >= 0.6 is 0 Å². The molecule has 0 amide bonds. The predicted octanol–water partition coefficient (Wildman–Crippen LogP) is 2.56. The summed E-state index contributed by atoms with van der Waals surface area (Å²) in [7, 11) is 0. The molecule has 0 bridgehead atoms. The topological polar surface area (TPSA) is 99.6 Å². The fourth-order valence-electron chi connectivity index (χ4n) is 2.15. The fraction of sp³-hybridized carbons (Fsp3) is 0.133. The van der Waals surface area contributed by atoms with Gasteiger partial charge in [-0.05, 0) is 18.6 Å². The zero-order valence-electron chi connectivity index (χ0n) is 12.1. The molecule has 0 saturated heterocycles. The van der Waals surface area contributed by atoms with Crippen molar-refractivity contribution in [3.05, 3.63) is 70.2 Å². The summed E-state index contributed by atoms with van der Waals surface area (Å²) >= 11 is 0. The highest BCUT2D eigenvalue weighted by Gasteiger charge is 2.19. The van der Waals surface area contributed by atoms with Crippen molar-refractivity contribution in [2.45, 2.75) is 13.0 Å². The summed E-state index contributed by atoms with van der Waals surface area (Å²) in [6, 6.07) is 7.67. The maximum Gasteiger partial charge on any atom is 0.344 e. The number of fused-ring (bicyclic) bond motifs is 1. The molecule has 8 heteroatoms. The number of carbonyl (C=O) groups is 1. The van der Waals surface area contributed by atoms with Crippen molar-refractivity contribution in [1.29, 1.82) is 0 Å². The van der Waals surface area contributed by atoms with Crippen molar-refractivity contribution in [3.8, 4) is 0 Å². The average Bonchev–Trinajstić information content (AvgIpc) is 2.99. The second kappa shape index (κ2) is 5.84. The highest BCUT2D eigenvalue weighted by Crippen LogP contribution is 2.23. The second-order valence-electron chi connectivity index (χ2n) is 4.85. The second-order valence-corrected chi connectivity index (χ2v) is 4.85. The number of non-ortho nitro benzene ring substituents is 1. The molecule has 23 heavy (non-hydrogen) atoms. The van der Waals surface area contributed by atoms with Crippen LogP contribution < -0.4 is 0 Å². The molecule has 8 nitrogen and oxygen atoms in total. The number of nitrogens with zero attached hydrogens (tertiary/aromatic N) is 4. The van der Waals surface area contributed by atoms with Crippen LogP contribution in [0.3, 0.4) is 0 Å². The molecule has 1 aromatic carbocycles. The average molecular weight is 312 g/mol. The molecule has 3 rings (SSSR count). The van der Waals surface area contributed by atoms with Gasteiger partial charge < -0.3 is 4.74 Å². The van der Waals surface area contributed by atoms with Crippen LogP contribution in [0.1, 0.15) is 28.9 Å². The number of esters is 1. The number of carbonyl (C=O) groups excluding carboxylic acids is 1. The monoisotopic (exact) mass is 312 g/mol. The maximum atomic E-state index is 12.3. The molecule has 0 N–H and O–H groups in total. The van der Waals surface area contributed by atoms with Gasteiger partial charge in [0.05, 0.1) is 11.1 Å². The minimum Gasteiger partial charge on any atom is -0.454 e. The van der Waals surface area contributed by atoms with Crippen molar-refractivity contribution in [1.82, 2.24) is 14.6 Å². The van der Waals surface area contributed by atoms with Gasteiger partial charge in [-0.3, -0.25) is 10.1 Å². The van der Waals surface area contributed by atoms with Gasteiger partial charge in [-0.15, -0.1) is 0 Å². The summed E-state index contributed by atoms with van der Waals surface area (Å²) in [4.78, 5) is 26.7. The van der Waals surface area contributed by atoms with Crippen LogP contribution in [-0.2, 0) is 4.74 Å². The standard InChI is InChI=1S/C15H12N4O4/c1-10(11-4-2-5-12(8-11)19(21)22)23-15(20)13-9-17-18-7-3-6-16-14(13)18/h2-10H,1H3. The molecule has 1 atom stereocenters. The molecule has 0 fully saturated rings. The Morgan fingerprint density at radius 3 is 3.00 bits per heavy atom. The molecule has 0 spiro atoms. The van der Waals surface area contributed by atoms with Gasteiger partial charge in [0.2, 0.25) is 0 Å².